The van der Waals surface area contributed by atoms with Gasteiger partial charge < -0.3 is 14.5 Å². The van der Waals surface area contributed by atoms with Gasteiger partial charge in [0.15, 0.2) is 5.43 Å². The second kappa shape index (κ2) is 11.9. The standard InChI is InChI=1S/C25H30N2O3.ClH/c28-23-18-25(19-11-14-26-15-12-19)30-24-10-9-21(17-22(23)24)29-16-6-2-1-3-7-20-8-4-5-13-27-20;/h9-12,14-15,17-18,20,27H,1-8,13,16H2;1H. The van der Waals surface area contributed by atoms with E-state index in [1.807, 2.05) is 24.3 Å². The Labute approximate surface area is 189 Å². The Morgan fingerprint density at radius 2 is 1.87 bits per heavy atom. The van der Waals surface area contributed by atoms with Gasteiger partial charge in [0.1, 0.15) is 17.1 Å². The third-order valence-corrected chi connectivity index (χ3v) is 5.79. The Bertz CT molecular complexity index is 1000. The van der Waals surface area contributed by atoms with Crippen LogP contribution in [-0.2, 0) is 0 Å². The Hall–Kier alpha value is -2.37. The van der Waals surface area contributed by atoms with E-state index in [1.165, 1.54) is 57.6 Å². The molecule has 0 amide bonds. The molecule has 1 N–H and O–H groups in total. The number of fused-ring (bicyclic) bond motifs is 1. The van der Waals surface area contributed by atoms with Gasteiger partial charge in [-0.15, -0.1) is 12.4 Å². The van der Waals surface area contributed by atoms with Crippen LogP contribution in [0, 0.1) is 0 Å². The molecule has 1 saturated heterocycles. The molecule has 166 valence electrons. The molecule has 3 heterocycles. The van der Waals surface area contributed by atoms with Crippen LogP contribution in [0.25, 0.3) is 22.3 Å². The lowest BCUT2D eigenvalue weighted by molar-refractivity contribution is 0.302. The zero-order valence-electron chi connectivity index (χ0n) is 17.8. The molecule has 1 atom stereocenters. The number of nitrogens with one attached hydrogen (secondary N) is 1. The molecule has 0 bridgehead atoms. The van der Waals surface area contributed by atoms with Gasteiger partial charge in [-0.1, -0.05) is 25.7 Å². The smallest absolute Gasteiger partial charge is 0.193 e. The summed E-state index contributed by atoms with van der Waals surface area (Å²) in [6.07, 6.45) is 13.5. The van der Waals surface area contributed by atoms with Gasteiger partial charge in [0.2, 0.25) is 0 Å². The highest BCUT2D eigenvalue weighted by Crippen LogP contribution is 2.24. The summed E-state index contributed by atoms with van der Waals surface area (Å²) in [5.74, 6) is 1.27. The van der Waals surface area contributed by atoms with Crippen LogP contribution >= 0.6 is 12.4 Å². The molecule has 4 rings (SSSR count). The fourth-order valence-corrected chi connectivity index (χ4v) is 4.09. The van der Waals surface area contributed by atoms with Gasteiger partial charge in [-0.2, -0.15) is 0 Å². The number of piperidine rings is 1. The average Bonchev–Trinajstić information content (AvgIpc) is 2.80. The normalized spacial score (nSPS) is 16.1. The number of ether oxygens (including phenoxy) is 1. The van der Waals surface area contributed by atoms with Gasteiger partial charge in [-0.25, -0.2) is 0 Å². The molecule has 0 spiro atoms. The summed E-state index contributed by atoms with van der Waals surface area (Å²) in [5.41, 5.74) is 1.34. The molecule has 5 nitrogen and oxygen atoms in total. The summed E-state index contributed by atoms with van der Waals surface area (Å²) in [6.45, 7) is 1.86. The van der Waals surface area contributed by atoms with Gasteiger partial charge in [0.05, 0.1) is 12.0 Å². The fraction of sp³-hybridized carbons (Fsp3) is 0.440. The first kappa shape index (κ1) is 23.3. The van der Waals surface area contributed by atoms with E-state index >= 15 is 0 Å². The number of benzene rings is 1. The highest BCUT2D eigenvalue weighted by atomic mass is 35.5. The number of hydrogen-bond acceptors (Lipinski definition) is 5. The van der Waals surface area contributed by atoms with Crippen molar-refractivity contribution in [2.45, 2.75) is 57.4 Å². The molecule has 1 fully saturated rings. The molecule has 6 heteroatoms. The van der Waals surface area contributed by atoms with E-state index in [1.54, 1.807) is 18.5 Å². The zero-order valence-corrected chi connectivity index (χ0v) is 18.7. The predicted molar refractivity (Wildman–Crippen MR) is 127 cm³/mol. The molecule has 1 aliphatic rings. The first-order valence-corrected chi connectivity index (χ1v) is 11.1. The van der Waals surface area contributed by atoms with E-state index in [-0.39, 0.29) is 17.8 Å². The molecule has 1 aromatic carbocycles. The third kappa shape index (κ3) is 6.55. The number of hydrogen-bond donors (Lipinski definition) is 1. The van der Waals surface area contributed by atoms with Crippen molar-refractivity contribution in [1.82, 2.24) is 10.3 Å². The fourth-order valence-electron chi connectivity index (χ4n) is 4.09. The van der Waals surface area contributed by atoms with E-state index in [0.29, 0.717) is 23.3 Å². The Kier molecular flexibility index (Phi) is 8.92. The summed E-state index contributed by atoms with van der Waals surface area (Å²) in [4.78, 5) is 16.6. The van der Waals surface area contributed by atoms with Crippen LogP contribution in [-0.4, -0.2) is 24.2 Å². The molecular formula is C25H31ClN2O3. The minimum atomic E-state index is -0.0650. The molecule has 0 radical (unpaired) electrons. The maximum atomic E-state index is 12.6. The number of halogens is 1. The second-order valence-electron chi connectivity index (χ2n) is 8.07. The van der Waals surface area contributed by atoms with E-state index in [4.69, 9.17) is 9.15 Å². The van der Waals surface area contributed by atoms with Crippen molar-refractivity contribution in [2.75, 3.05) is 13.2 Å². The molecule has 31 heavy (non-hydrogen) atoms. The van der Waals surface area contributed by atoms with Gasteiger partial charge in [0, 0.05) is 30.1 Å². The maximum Gasteiger partial charge on any atom is 0.193 e. The van der Waals surface area contributed by atoms with Crippen molar-refractivity contribution in [3.8, 4) is 17.1 Å². The minimum absolute atomic E-state index is 0. The Morgan fingerprint density at radius 3 is 2.68 bits per heavy atom. The minimum Gasteiger partial charge on any atom is -0.494 e. The lowest BCUT2D eigenvalue weighted by atomic mass is 9.99. The monoisotopic (exact) mass is 442 g/mol. The van der Waals surface area contributed by atoms with Gasteiger partial charge in [-0.3, -0.25) is 9.78 Å². The lowest BCUT2D eigenvalue weighted by Crippen LogP contribution is -2.33. The molecular weight excluding hydrogens is 412 g/mol. The van der Waals surface area contributed by atoms with Crippen LogP contribution < -0.4 is 15.5 Å². The quantitative estimate of drug-likeness (QED) is 0.427. The number of nitrogens with zero attached hydrogens (tertiary/aromatic N) is 1. The van der Waals surface area contributed by atoms with Crippen LogP contribution in [0.5, 0.6) is 5.75 Å². The van der Waals surface area contributed by atoms with Gasteiger partial charge in [-0.05, 0) is 62.6 Å². The number of rotatable bonds is 9. The van der Waals surface area contributed by atoms with Gasteiger partial charge in [0.25, 0.3) is 0 Å². The van der Waals surface area contributed by atoms with Crippen molar-refractivity contribution >= 4 is 23.4 Å². The molecule has 3 aromatic rings. The predicted octanol–water partition coefficient (Wildman–Crippen LogP) is 5.75. The van der Waals surface area contributed by atoms with E-state index in [2.05, 4.69) is 10.3 Å². The first-order valence-electron chi connectivity index (χ1n) is 11.1. The molecule has 0 aliphatic carbocycles. The van der Waals surface area contributed by atoms with Crippen molar-refractivity contribution in [3.05, 3.63) is 59.0 Å². The van der Waals surface area contributed by atoms with Crippen LogP contribution in [0.4, 0.5) is 0 Å². The van der Waals surface area contributed by atoms with Crippen LogP contribution in [0.15, 0.2) is 58.0 Å². The summed E-state index contributed by atoms with van der Waals surface area (Å²) in [5, 5.41) is 4.16. The number of unbranched alkanes of at least 4 members (excludes halogenated alkanes) is 3. The lowest BCUT2D eigenvalue weighted by Gasteiger charge is -2.23. The van der Waals surface area contributed by atoms with Crippen LogP contribution in [0.1, 0.15) is 51.4 Å². The topological polar surface area (TPSA) is 64.4 Å². The van der Waals surface area contributed by atoms with Crippen molar-refractivity contribution in [1.29, 1.82) is 0 Å². The molecule has 2 aromatic heterocycles. The number of pyridine rings is 1. The summed E-state index contributed by atoms with van der Waals surface area (Å²) in [7, 11) is 0. The molecule has 1 unspecified atom stereocenters. The number of aromatic nitrogens is 1. The Morgan fingerprint density at radius 1 is 1.03 bits per heavy atom. The van der Waals surface area contributed by atoms with Crippen molar-refractivity contribution in [2.24, 2.45) is 0 Å². The molecule has 1 aliphatic heterocycles. The SMILES string of the molecule is Cl.O=c1cc(-c2ccncc2)oc2ccc(OCCCCCCC3CCCCN3)cc12. The Balaban J connectivity index is 0.00000272. The second-order valence-corrected chi connectivity index (χ2v) is 8.07. The van der Waals surface area contributed by atoms with Crippen molar-refractivity contribution < 1.29 is 9.15 Å². The largest absolute Gasteiger partial charge is 0.494 e. The summed E-state index contributed by atoms with van der Waals surface area (Å²) < 4.78 is 11.8. The maximum absolute atomic E-state index is 12.6. The van der Waals surface area contributed by atoms with E-state index < -0.39 is 0 Å². The summed E-state index contributed by atoms with van der Waals surface area (Å²) in [6, 6.07) is 11.4. The first-order chi connectivity index (χ1) is 14.8. The zero-order chi connectivity index (χ0) is 20.6. The highest BCUT2D eigenvalue weighted by molar-refractivity contribution is 5.85. The van der Waals surface area contributed by atoms with Crippen LogP contribution in [0.3, 0.4) is 0 Å². The van der Waals surface area contributed by atoms with Crippen LogP contribution in [0.2, 0.25) is 0 Å². The van der Waals surface area contributed by atoms with E-state index in [0.717, 1.165) is 23.8 Å². The molecule has 0 saturated carbocycles. The third-order valence-electron chi connectivity index (χ3n) is 5.79. The van der Waals surface area contributed by atoms with Gasteiger partial charge >= 0.3 is 0 Å². The highest BCUT2D eigenvalue weighted by Gasteiger charge is 2.11. The van der Waals surface area contributed by atoms with E-state index in [9.17, 15) is 4.79 Å². The summed E-state index contributed by atoms with van der Waals surface area (Å²) >= 11 is 0. The van der Waals surface area contributed by atoms with Crippen molar-refractivity contribution in [3.63, 3.8) is 0 Å². The average molecular weight is 443 g/mol.